The number of hydrogen-bond donors (Lipinski definition) is 1. The van der Waals surface area contributed by atoms with E-state index in [0.29, 0.717) is 37.7 Å². The maximum atomic E-state index is 13.3. The molecule has 1 amide bonds. The van der Waals surface area contributed by atoms with E-state index < -0.39 is 15.4 Å². The minimum absolute atomic E-state index is 0.0452. The minimum Gasteiger partial charge on any atom is -0.484 e. The van der Waals surface area contributed by atoms with E-state index in [4.69, 9.17) is 9.47 Å². The number of aliphatic hydroxyl groups excluding tert-OH is 1. The van der Waals surface area contributed by atoms with Crippen LogP contribution in [-0.2, 0) is 20.2 Å². The predicted molar refractivity (Wildman–Crippen MR) is 116 cm³/mol. The van der Waals surface area contributed by atoms with Crippen molar-refractivity contribution in [1.29, 1.82) is 0 Å². The molecule has 1 N–H and O–H groups in total. The van der Waals surface area contributed by atoms with Gasteiger partial charge in [-0.1, -0.05) is 6.07 Å². The molecule has 0 unspecified atom stereocenters. The molecular formula is C22H24N4O6S. The Kier molecular flexibility index (Phi) is 5.34. The number of aromatic nitrogens is 2. The second kappa shape index (κ2) is 8.08. The van der Waals surface area contributed by atoms with Crippen molar-refractivity contribution in [3.05, 3.63) is 53.5 Å². The van der Waals surface area contributed by atoms with Crippen LogP contribution in [0.1, 0.15) is 12.6 Å². The lowest BCUT2D eigenvalue weighted by Crippen LogP contribution is -2.48. The molecule has 2 aromatic heterocycles. The number of pyridine rings is 2. The van der Waals surface area contributed by atoms with Gasteiger partial charge in [-0.05, 0) is 30.2 Å². The standard InChI is InChI=1S/C22H24N4O6S/c1-22(14-27,19-4-2-3-5-23-19)21(28)25-10-15-12-26(13-16(15)11-25)33(29,30)17-8-18-20(24-9-17)32-7-6-31-18/h2-5,8-9,27H,6-7,10-14H2,1H3/t22-/m0/s1. The molecule has 5 rings (SSSR count). The fraction of sp³-hybridized carbons (Fsp3) is 0.409. The van der Waals surface area contributed by atoms with Crippen LogP contribution in [0.3, 0.4) is 0 Å². The largest absolute Gasteiger partial charge is 0.484 e. The molecule has 0 fully saturated rings. The molecule has 0 saturated carbocycles. The Labute approximate surface area is 191 Å². The topological polar surface area (TPSA) is 122 Å². The molecule has 0 aromatic carbocycles. The van der Waals surface area contributed by atoms with Gasteiger partial charge in [0.25, 0.3) is 5.88 Å². The molecule has 0 saturated heterocycles. The van der Waals surface area contributed by atoms with Crippen LogP contribution in [0.5, 0.6) is 11.6 Å². The number of rotatable bonds is 5. The summed E-state index contributed by atoms with van der Waals surface area (Å²) in [6, 6.07) is 6.70. The highest BCUT2D eigenvalue weighted by atomic mass is 32.2. The number of aliphatic hydroxyl groups is 1. The van der Waals surface area contributed by atoms with Crippen molar-refractivity contribution in [3.63, 3.8) is 0 Å². The fourth-order valence-corrected chi connectivity index (χ4v) is 5.75. The molecule has 0 spiro atoms. The lowest BCUT2D eigenvalue weighted by atomic mass is 9.85. The van der Waals surface area contributed by atoms with Crippen LogP contribution in [0.25, 0.3) is 0 Å². The molecule has 5 heterocycles. The van der Waals surface area contributed by atoms with Gasteiger partial charge in [-0.3, -0.25) is 9.78 Å². The first-order chi connectivity index (χ1) is 15.8. The maximum absolute atomic E-state index is 13.3. The summed E-state index contributed by atoms with van der Waals surface area (Å²) in [5.41, 5.74) is 1.14. The lowest BCUT2D eigenvalue weighted by Gasteiger charge is -2.31. The molecule has 3 aliphatic heterocycles. The number of sulfonamides is 1. The van der Waals surface area contributed by atoms with Gasteiger partial charge in [0.2, 0.25) is 15.9 Å². The highest BCUT2D eigenvalue weighted by molar-refractivity contribution is 7.89. The molecule has 1 atom stereocenters. The van der Waals surface area contributed by atoms with E-state index in [0.717, 1.165) is 11.1 Å². The van der Waals surface area contributed by atoms with Crippen LogP contribution in [0.2, 0.25) is 0 Å². The molecule has 0 radical (unpaired) electrons. The van der Waals surface area contributed by atoms with Gasteiger partial charge in [-0.15, -0.1) is 0 Å². The van der Waals surface area contributed by atoms with Crippen molar-refractivity contribution in [1.82, 2.24) is 19.2 Å². The lowest BCUT2D eigenvalue weighted by molar-refractivity contribution is -0.137. The van der Waals surface area contributed by atoms with E-state index in [-0.39, 0.29) is 36.4 Å². The first kappa shape index (κ1) is 21.8. The molecule has 11 heteroatoms. The average molecular weight is 473 g/mol. The van der Waals surface area contributed by atoms with Crippen LogP contribution in [0, 0.1) is 0 Å². The number of amides is 1. The summed E-state index contributed by atoms with van der Waals surface area (Å²) in [6.07, 6.45) is 2.87. The smallest absolute Gasteiger partial charge is 0.257 e. The van der Waals surface area contributed by atoms with E-state index in [9.17, 15) is 18.3 Å². The maximum Gasteiger partial charge on any atom is 0.257 e. The van der Waals surface area contributed by atoms with Crippen molar-refractivity contribution in [2.24, 2.45) is 0 Å². The van der Waals surface area contributed by atoms with Crippen molar-refractivity contribution < 1.29 is 27.8 Å². The number of ether oxygens (including phenoxy) is 2. The normalized spacial score (nSPS) is 20.0. The van der Waals surface area contributed by atoms with E-state index in [1.165, 1.54) is 16.6 Å². The van der Waals surface area contributed by atoms with Crippen molar-refractivity contribution in [2.75, 3.05) is 46.0 Å². The van der Waals surface area contributed by atoms with E-state index in [2.05, 4.69) is 9.97 Å². The van der Waals surface area contributed by atoms with Gasteiger partial charge in [0.1, 0.15) is 23.5 Å². The predicted octanol–water partition coefficient (Wildman–Crippen LogP) is 0.341. The van der Waals surface area contributed by atoms with Crippen molar-refractivity contribution >= 4 is 15.9 Å². The van der Waals surface area contributed by atoms with Crippen LogP contribution in [0.15, 0.2) is 52.7 Å². The number of hydrogen-bond acceptors (Lipinski definition) is 8. The third-order valence-corrected chi connectivity index (χ3v) is 8.07. The van der Waals surface area contributed by atoms with Gasteiger partial charge in [0.05, 0.1) is 18.5 Å². The average Bonchev–Trinajstić information content (AvgIpc) is 3.43. The van der Waals surface area contributed by atoms with Gasteiger partial charge < -0.3 is 19.5 Å². The molecule has 33 heavy (non-hydrogen) atoms. The molecule has 174 valence electrons. The SMILES string of the molecule is C[C@@](CO)(C(=O)N1CC2=C(C1)CN(S(=O)(=O)c1cnc3c(c1)OCCO3)C2)c1ccccn1. The number of nitrogens with zero attached hydrogens (tertiary/aromatic N) is 4. The number of fused-ring (bicyclic) bond motifs is 1. The monoisotopic (exact) mass is 472 g/mol. The Hall–Kier alpha value is -3.02. The quantitative estimate of drug-likeness (QED) is 0.619. The summed E-state index contributed by atoms with van der Waals surface area (Å²) in [7, 11) is -3.79. The Morgan fingerprint density at radius 3 is 2.52 bits per heavy atom. The van der Waals surface area contributed by atoms with Gasteiger partial charge in [-0.25, -0.2) is 13.4 Å². The number of carbonyl (C=O) groups is 1. The molecule has 2 aromatic rings. The molecular weight excluding hydrogens is 448 g/mol. The Balaban J connectivity index is 1.29. The minimum atomic E-state index is -3.79. The number of carbonyl (C=O) groups excluding carboxylic acids is 1. The van der Waals surface area contributed by atoms with Gasteiger partial charge >= 0.3 is 0 Å². The molecule has 0 aliphatic carbocycles. The van der Waals surface area contributed by atoms with E-state index in [1.54, 1.807) is 36.2 Å². The summed E-state index contributed by atoms with van der Waals surface area (Å²) >= 11 is 0. The highest BCUT2D eigenvalue weighted by Crippen LogP contribution is 2.35. The van der Waals surface area contributed by atoms with Crippen LogP contribution in [-0.4, -0.2) is 84.6 Å². The van der Waals surface area contributed by atoms with Gasteiger partial charge in [0.15, 0.2) is 5.75 Å². The second-order valence-corrected chi connectivity index (χ2v) is 10.5. The Morgan fingerprint density at radius 2 is 1.85 bits per heavy atom. The summed E-state index contributed by atoms with van der Waals surface area (Å²) < 4.78 is 38.6. The van der Waals surface area contributed by atoms with Gasteiger partial charge in [-0.2, -0.15) is 4.31 Å². The van der Waals surface area contributed by atoms with E-state index >= 15 is 0 Å². The Morgan fingerprint density at radius 1 is 1.12 bits per heavy atom. The fourth-order valence-electron chi connectivity index (χ4n) is 4.36. The van der Waals surface area contributed by atoms with Crippen LogP contribution < -0.4 is 9.47 Å². The molecule has 0 bridgehead atoms. The molecule has 10 nitrogen and oxygen atoms in total. The van der Waals surface area contributed by atoms with Crippen molar-refractivity contribution in [3.8, 4) is 11.6 Å². The zero-order valence-corrected chi connectivity index (χ0v) is 18.9. The summed E-state index contributed by atoms with van der Waals surface area (Å²) in [5, 5.41) is 10.0. The third kappa shape index (κ3) is 3.65. The summed E-state index contributed by atoms with van der Waals surface area (Å²) in [5.74, 6) is 0.372. The highest BCUT2D eigenvalue weighted by Gasteiger charge is 2.44. The zero-order valence-electron chi connectivity index (χ0n) is 18.1. The van der Waals surface area contributed by atoms with Crippen LogP contribution >= 0.6 is 0 Å². The Bertz CT molecular complexity index is 1210. The van der Waals surface area contributed by atoms with E-state index in [1.807, 2.05) is 0 Å². The molecule has 3 aliphatic rings. The van der Waals surface area contributed by atoms with Crippen LogP contribution in [0.4, 0.5) is 0 Å². The first-order valence-corrected chi connectivity index (χ1v) is 12.0. The summed E-state index contributed by atoms with van der Waals surface area (Å²) in [6.45, 7) is 3.07. The zero-order chi connectivity index (χ0) is 23.2. The summed E-state index contributed by atoms with van der Waals surface area (Å²) in [4.78, 5) is 23.3. The van der Waals surface area contributed by atoms with Gasteiger partial charge in [0, 0.05) is 38.4 Å². The first-order valence-electron chi connectivity index (χ1n) is 10.6. The second-order valence-electron chi connectivity index (χ2n) is 8.52. The van der Waals surface area contributed by atoms with Crippen molar-refractivity contribution in [2.45, 2.75) is 17.2 Å². The third-order valence-electron chi connectivity index (χ3n) is 6.31.